The van der Waals surface area contributed by atoms with Gasteiger partial charge < -0.3 is 20.4 Å². The molecule has 2 aliphatic rings. The summed E-state index contributed by atoms with van der Waals surface area (Å²) in [6.07, 6.45) is 3.86. The highest BCUT2D eigenvalue weighted by Gasteiger charge is 2.44. The number of aliphatic hydroxyl groups excluding tert-OH is 1. The standard InChI is InChI=1S/C21H31N3O4/c1-2-23(14-19(26)27)18-11-17(12-18)22-20(28)24-10-6-9-21(24,15-25)13-16-7-4-3-5-8-16/h3-5,7-8,17-18,25H,2,6,9-15H2,1H3,(H,22,28)(H,26,27). The zero-order chi connectivity index (χ0) is 20.1. The second kappa shape index (κ2) is 8.92. The zero-order valence-corrected chi connectivity index (χ0v) is 16.5. The minimum atomic E-state index is -0.819. The Morgan fingerprint density at radius 3 is 2.61 bits per heavy atom. The Hall–Kier alpha value is -2.12. The number of hydrogen-bond donors (Lipinski definition) is 3. The van der Waals surface area contributed by atoms with Crippen molar-refractivity contribution in [1.82, 2.24) is 15.1 Å². The second-order valence-corrected chi connectivity index (χ2v) is 8.03. The third-order valence-corrected chi connectivity index (χ3v) is 6.21. The molecule has 0 spiro atoms. The predicted octanol–water partition coefficient (Wildman–Crippen LogP) is 1.70. The van der Waals surface area contributed by atoms with E-state index in [1.165, 1.54) is 0 Å². The van der Waals surface area contributed by atoms with Crippen LogP contribution in [0.15, 0.2) is 30.3 Å². The van der Waals surface area contributed by atoms with Crippen molar-refractivity contribution < 1.29 is 19.8 Å². The first-order valence-corrected chi connectivity index (χ1v) is 10.2. The first-order valence-electron chi connectivity index (χ1n) is 10.2. The van der Waals surface area contributed by atoms with Crippen LogP contribution in [0.1, 0.15) is 38.2 Å². The Bertz CT molecular complexity index is 677. The van der Waals surface area contributed by atoms with Crippen LogP contribution >= 0.6 is 0 Å². The number of amides is 2. The summed E-state index contributed by atoms with van der Waals surface area (Å²) in [4.78, 5) is 27.6. The maximum absolute atomic E-state index is 12.9. The Balaban J connectivity index is 1.57. The highest BCUT2D eigenvalue weighted by Crippen LogP contribution is 2.33. The van der Waals surface area contributed by atoms with Crippen molar-refractivity contribution >= 4 is 12.0 Å². The van der Waals surface area contributed by atoms with E-state index in [4.69, 9.17) is 5.11 Å². The van der Waals surface area contributed by atoms with Crippen LogP contribution < -0.4 is 5.32 Å². The van der Waals surface area contributed by atoms with E-state index in [2.05, 4.69) is 5.32 Å². The van der Waals surface area contributed by atoms with E-state index in [9.17, 15) is 14.7 Å². The number of aliphatic carboxylic acids is 1. The average Bonchev–Trinajstić information content (AvgIpc) is 3.07. The molecule has 0 radical (unpaired) electrons. The van der Waals surface area contributed by atoms with E-state index >= 15 is 0 Å². The molecule has 1 aromatic rings. The van der Waals surface area contributed by atoms with Crippen LogP contribution in [0, 0.1) is 0 Å². The summed E-state index contributed by atoms with van der Waals surface area (Å²) in [7, 11) is 0. The summed E-state index contributed by atoms with van der Waals surface area (Å²) >= 11 is 0. The van der Waals surface area contributed by atoms with Gasteiger partial charge in [0, 0.05) is 18.6 Å². The number of nitrogens with zero attached hydrogens (tertiary/aromatic N) is 2. The maximum atomic E-state index is 12.9. The van der Waals surface area contributed by atoms with E-state index < -0.39 is 11.5 Å². The zero-order valence-electron chi connectivity index (χ0n) is 16.5. The van der Waals surface area contributed by atoms with Crippen LogP contribution in [-0.4, -0.2) is 75.9 Å². The number of benzene rings is 1. The molecule has 3 N–H and O–H groups in total. The van der Waals surface area contributed by atoms with Crippen molar-refractivity contribution in [1.29, 1.82) is 0 Å². The largest absolute Gasteiger partial charge is 0.480 e. The molecular weight excluding hydrogens is 358 g/mol. The van der Waals surface area contributed by atoms with E-state index in [1.807, 2.05) is 47.1 Å². The summed E-state index contributed by atoms with van der Waals surface area (Å²) in [6.45, 7) is 3.28. The molecule has 1 saturated heterocycles. The van der Waals surface area contributed by atoms with Crippen molar-refractivity contribution in [2.75, 3.05) is 26.2 Å². The second-order valence-electron chi connectivity index (χ2n) is 8.03. The van der Waals surface area contributed by atoms with Crippen LogP contribution in [0.2, 0.25) is 0 Å². The first kappa shape index (κ1) is 20.6. The van der Waals surface area contributed by atoms with Gasteiger partial charge >= 0.3 is 12.0 Å². The van der Waals surface area contributed by atoms with Crippen molar-refractivity contribution in [2.45, 2.75) is 56.7 Å². The molecule has 7 nitrogen and oxygen atoms in total. The predicted molar refractivity (Wildman–Crippen MR) is 106 cm³/mol. The molecule has 3 rings (SSSR count). The van der Waals surface area contributed by atoms with Gasteiger partial charge in [0.2, 0.25) is 0 Å². The van der Waals surface area contributed by atoms with Gasteiger partial charge in [0.05, 0.1) is 18.7 Å². The molecule has 0 aromatic heterocycles. The molecule has 1 atom stereocenters. The smallest absolute Gasteiger partial charge is 0.318 e. The Morgan fingerprint density at radius 2 is 2.00 bits per heavy atom. The van der Waals surface area contributed by atoms with Crippen LogP contribution in [-0.2, 0) is 11.2 Å². The van der Waals surface area contributed by atoms with Gasteiger partial charge in [-0.2, -0.15) is 0 Å². The molecule has 1 aromatic carbocycles. The summed E-state index contributed by atoms with van der Waals surface area (Å²) < 4.78 is 0. The lowest BCUT2D eigenvalue weighted by atomic mass is 9.85. The van der Waals surface area contributed by atoms with Gasteiger partial charge in [-0.15, -0.1) is 0 Å². The van der Waals surface area contributed by atoms with Crippen molar-refractivity contribution in [3.05, 3.63) is 35.9 Å². The molecule has 1 unspecified atom stereocenters. The lowest BCUT2D eigenvalue weighted by Crippen LogP contribution is -2.60. The van der Waals surface area contributed by atoms with Crippen LogP contribution in [0.5, 0.6) is 0 Å². The van der Waals surface area contributed by atoms with Crippen LogP contribution in [0.4, 0.5) is 4.79 Å². The number of aliphatic hydroxyl groups is 1. The van der Waals surface area contributed by atoms with E-state index in [1.54, 1.807) is 0 Å². The molecule has 2 fully saturated rings. The van der Waals surface area contributed by atoms with Gasteiger partial charge in [-0.3, -0.25) is 9.69 Å². The molecular formula is C21H31N3O4. The monoisotopic (exact) mass is 389 g/mol. The number of hydrogen-bond acceptors (Lipinski definition) is 4. The quantitative estimate of drug-likeness (QED) is 0.629. The lowest BCUT2D eigenvalue weighted by Gasteiger charge is -2.44. The maximum Gasteiger partial charge on any atom is 0.318 e. The fraction of sp³-hybridized carbons (Fsp3) is 0.619. The molecule has 2 amide bonds. The number of rotatable bonds is 8. The Labute approximate surface area is 166 Å². The van der Waals surface area contributed by atoms with E-state index in [-0.39, 0.29) is 31.3 Å². The molecule has 28 heavy (non-hydrogen) atoms. The number of carbonyl (C=O) groups is 2. The number of carboxylic acids is 1. The molecule has 1 saturated carbocycles. The first-order chi connectivity index (χ1) is 13.5. The van der Waals surface area contributed by atoms with Crippen LogP contribution in [0.25, 0.3) is 0 Å². The molecule has 1 aliphatic heterocycles. The van der Waals surface area contributed by atoms with Gasteiger partial charge in [0.25, 0.3) is 0 Å². The minimum absolute atomic E-state index is 0.0403. The lowest BCUT2D eigenvalue weighted by molar-refractivity contribution is -0.139. The normalized spacial score (nSPS) is 26.9. The summed E-state index contributed by atoms with van der Waals surface area (Å²) in [5.74, 6) is -0.819. The number of carbonyl (C=O) groups excluding carboxylic acids is 1. The third kappa shape index (κ3) is 4.47. The van der Waals surface area contributed by atoms with Crippen molar-refractivity contribution in [2.24, 2.45) is 0 Å². The van der Waals surface area contributed by atoms with Gasteiger partial charge in [0.15, 0.2) is 0 Å². The van der Waals surface area contributed by atoms with Gasteiger partial charge in [-0.1, -0.05) is 37.3 Å². The summed E-state index contributed by atoms with van der Waals surface area (Å²) in [5.41, 5.74) is 0.570. The SMILES string of the molecule is CCN(CC(=O)O)C1CC(NC(=O)N2CCCC2(CO)Cc2ccccc2)C1. The van der Waals surface area contributed by atoms with Gasteiger partial charge in [0.1, 0.15) is 0 Å². The number of urea groups is 1. The average molecular weight is 389 g/mol. The number of nitrogens with one attached hydrogen (secondary N) is 1. The molecule has 1 heterocycles. The van der Waals surface area contributed by atoms with Crippen molar-refractivity contribution in [3.63, 3.8) is 0 Å². The number of likely N-dealkylation sites (N-methyl/N-ethyl adjacent to an activating group) is 1. The molecule has 0 bridgehead atoms. The highest BCUT2D eigenvalue weighted by molar-refractivity contribution is 5.76. The topological polar surface area (TPSA) is 93.1 Å². The molecule has 7 heteroatoms. The van der Waals surface area contributed by atoms with E-state index in [0.717, 1.165) is 31.2 Å². The Morgan fingerprint density at radius 1 is 1.29 bits per heavy atom. The summed E-state index contributed by atoms with van der Waals surface area (Å²) in [5, 5.41) is 22.2. The fourth-order valence-electron chi connectivity index (χ4n) is 4.56. The molecule has 154 valence electrons. The number of likely N-dealkylation sites (tertiary alicyclic amines) is 1. The highest BCUT2D eigenvalue weighted by atomic mass is 16.4. The third-order valence-electron chi connectivity index (χ3n) is 6.21. The van der Waals surface area contributed by atoms with Crippen LogP contribution in [0.3, 0.4) is 0 Å². The number of carboxylic acid groups (broad SMARTS) is 1. The van der Waals surface area contributed by atoms with Crippen molar-refractivity contribution in [3.8, 4) is 0 Å². The Kier molecular flexibility index (Phi) is 6.57. The van der Waals surface area contributed by atoms with Gasteiger partial charge in [-0.25, -0.2) is 4.79 Å². The van der Waals surface area contributed by atoms with Gasteiger partial charge in [-0.05, 0) is 44.2 Å². The van der Waals surface area contributed by atoms with E-state index in [0.29, 0.717) is 19.5 Å². The summed E-state index contributed by atoms with van der Waals surface area (Å²) in [6, 6.07) is 10.1. The minimum Gasteiger partial charge on any atom is -0.480 e. The molecule has 1 aliphatic carbocycles. The fourth-order valence-corrected chi connectivity index (χ4v) is 4.56.